The van der Waals surface area contributed by atoms with Crippen molar-refractivity contribution < 1.29 is 9.53 Å². The molecule has 4 aliphatic rings. The zero-order chi connectivity index (χ0) is 18.7. The van der Waals surface area contributed by atoms with Crippen LogP contribution in [0.25, 0.3) is 0 Å². The normalized spacial score (nSPS) is 31.3. The van der Waals surface area contributed by atoms with Crippen LogP contribution in [0.5, 0.6) is 0 Å². The van der Waals surface area contributed by atoms with Crippen molar-refractivity contribution in [1.29, 1.82) is 0 Å². The van der Waals surface area contributed by atoms with Crippen molar-refractivity contribution in [2.45, 2.75) is 79.1 Å². The minimum absolute atomic E-state index is 0.133. The molecule has 4 aliphatic carbocycles. The van der Waals surface area contributed by atoms with Gasteiger partial charge in [-0.25, -0.2) is 4.79 Å². The van der Waals surface area contributed by atoms with Crippen molar-refractivity contribution in [3.05, 3.63) is 34.9 Å². The number of ether oxygens (including phenoxy) is 1. The van der Waals surface area contributed by atoms with Crippen LogP contribution in [0.15, 0.2) is 18.2 Å². The van der Waals surface area contributed by atoms with Crippen LogP contribution in [-0.4, -0.2) is 12.6 Å². The molecule has 0 heterocycles. The number of rotatable bonds is 4. The van der Waals surface area contributed by atoms with Crippen LogP contribution in [0.4, 0.5) is 0 Å². The second-order valence-corrected chi connectivity index (χ2v) is 9.20. The summed E-state index contributed by atoms with van der Waals surface area (Å²) in [5, 5.41) is 0. The van der Waals surface area contributed by atoms with E-state index in [1.54, 1.807) is 0 Å². The summed E-state index contributed by atoms with van der Waals surface area (Å²) in [6.07, 6.45) is 10.4. The molecule has 2 heteroatoms. The lowest BCUT2D eigenvalue weighted by Gasteiger charge is -2.56. The van der Waals surface area contributed by atoms with Gasteiger partial charge < -0.3 is 4.74 Å². The van der Waals surface area contributed by atoms with E-state index in [1.165, 1.54) is 56.1 Å². The molecule has 2 nitrogen and oxygen atoms in total. The molecule has 4 bridgehead atoms. The minimum atomic E-state index is -0.133. The first-order chi connectivity index (χ1) is 12.5. The van der Waals surface area contributed by atoms with Crippen LogP contribution in [0.2, 0.25) is 0 Å². The molecule has 0 saturated heterocycles. The minimum Gasteiger partial charge on any atom is -0.462 e. The number of carbonyl (C=O) groups excluding carboxylic acids is 1. The molecule has 0 aliphatic heterocycles. The third kappa shape index (κ3) is 4.15. The van der Waals surface area contributed by atoms with Crippen LogP contribution in [0.3, 0.4) is 0 Å². The SMILES string of the molecule is CCC.CCc1ccc(C(=O)OCC23CC4CC(CC(C4)C2)C3)cc1C. The van der Waals surface area contributed by atoms with Gasteiger partial charge in [0, 0.05) is 5.41 Å². The van der Waals surface area contributed by atoms with Gasteiger partial charge >= 0.3 is 5.97 Å². The predicted octanol–water partition coefficient (Wildman–Crippen LogP) is 6.35. The molecule has 1 aromatic carbocycles. The van der Waals surface area contributed by atoms with Crippen molar-refractivity contribution in [1.82, 2.24) is 0 Å². The Bertz CT molecular complexity index is 596. The molecule has 0 amide bonds. The first kappa shape index (κ1) is 19.5. The van der Waals surface area contributed by atoms with Gasteiger partial charge in [-0.2, -0.15) is 0 Å². The van der Waals surface area contributed by atoms with Gasteiger partial charge in [-0.15, -0.1) is 0 Å². The summed E-state index contributed by atoms with van der Waals surface area (Å²) in [7, 11) is 0. The fourth-order valence-corrected chi connectivity index (χ4v) is 5.99. The number of carbonyl (C=O) groups is 1. The monoisotopic (exact) mass is 356 g/mol. The fraction of sp³-hybridized carbons (Fsp3) is 0.708. The maximum Gasteiger partial charge on any atom is 0.338 e. The van der Waals surface area contributed by atoms with Gasteiger partial charge in [0.1, 0.15) is 0 Å². The molecule has 144 valence electrons. The Kier molecular flexibility index (Phi) is 6.10. The molecule has 0 radical (unpaired) electrons. The molecule has 5 rings (SSSR count). The third-order valence-corrected chi connectivity index (χ3v) is 6.63. The Morgan fingerprint density at radius 3 is 2.04 bits per heavy atom. The molecule has 1 aromatic rings. The molecular formula is C24H36O2. The lowest BCUT2D eigenvalue weighted by molar-refractivity contribution is -0.0848. The third-order valence-electron chi connectivity index (χ3n) is 6.63. The van der Waals surface area contributed by atoms with E-state index in [4.69, 9.17) is 4.74 Å². The summed E-state index contributed by atoms with van der Waals surface area (Å²) >= 11 is 0. The zero-order valence-corrected chi connectivity index (χ0v) is 17.1. The summed E-state index contributed by atoms with van der Waals surface area (Å²) in [4.78, 5) is 12.5. The molecule has 0 atom stereocenters. The zero-order valence-electron chi connectivity index (χ0n) is 17.1. The Morgan fingerprint density at radius 1 is 1.04 bits per heavy atom. The number of hydrogen-bond donors (Lipinski definition) is 0. The Hall–Kier alpha value is -1.31. The first-order valence-corrected chi connectivity index (χ1v) is 10.7. The highest BCUT2D eigenvalue weighted by Crippen LogP contribution is 2.60. The largest absolute Gasteiger partial charge is 0.462 e. The highest BCUT2D eigenvalue weighted by molar-refractivity contribution is 5.89. The summed E-state index contributed by atoms with van der Waals surface area (Å²) < 4.78 is 5.80. The Morgan fingerprint density at radius 2 is 1.58 bits per heavy atom. The Balaban J connectivity index is 0.000000613. The Labute approximate surface area is 159 Å². The molecular weight excluding hydrogens is 320 g/mol. The number of esters is 1. The average molecular weight is 357 g/mol. The molecule has 0 spiro atoms. The molecule has 4 fully saturated rings. The van der Waals surface area contributed by atoms with Gasteiger partial charge in [-0.3, -0.25) is 0 Å². The molecule has 0 aromatic heterocycles. The van der Waals surface area contributed by atoms with Crippen molar-refractivity contribution in [3.63, 3.8) is 0 Å². The van der Waals surface area contributed by atoms with E-state index in [9.17, 15) is 4.79 Å². The van der Waals surface area contributed by atoms with Gasteiger partial charge in [-0.1, -0.05) is 33.3 Å². The summed E-state index contributed by atoms with van der Waals surface area (Å²) in [5.41, 5.74) is 3.52. The molecule has 0 unspecified atom stereocenters. The van der Waals surface area contributed by atoms with E-state index in [1.807, 2.05) is 12.1 Å². The number of hydrogen-bond acceptors (Lipinski definition) is 2. The van der Waals surface area contributed by atoms with Crippen LogP contribution in [0, 0.1) is 30.1 Å². The quantitative estimate of drug-likeness (QED) is 0.588. The van der Waals surface area contributed by atoms with Crippen molar-refractivity contribution in [2.24, 2.45) is 23.2 Å². The van der Waals surface area contributed by atoms with E-state index < -0.39 is 0 Å². The van der Waals surface area contributed by atoms with Crippen molar-refractivity contribution >= 4 is 5.97 Å². The predicted molar refractivity (Wildman–Crippen MR) is 107 cm³/mol. The van der Waals surface area contributed by atoms with E-state index in [0.29, 0.717) is 17.6 Å². The topological polar surface area (TPSA) is 26.3 Å². The lowest BCUT2D eigenvalue weighted by atomic mass is 9.50. The van der Waals surface area contributed by atoms with Gasteiger partial charge in [0.2, 0.25) is 0 Å². The number of benzene rings is 1. The second-order valence-electron chi connectivity index (χ2n) is 9.20. The molecule has 0 N–H and O–H groups in total. The highest BCUT2D eigenvalue weighted by Gasteiger charge is 2.51. The average Bonchev–Trinajstić information content (AvgIpc) is 2.59. The van der Waals surface area contributed by atoms with Crippen molar-refractivity contribution in [2.75, 3.05) is 6.61 Å². The lowest BCUT2D eigenvalue weighted by Crippen LogP contribution is -2.48. The van der Waals surface area contributed by atoms with E-state index >= 15 is 0 Å². The van der Waals surface area contributed by atoms with E-state index in [2.05, 4.69) is 33.8 Å². The summed E-state index contributed by atoms with van der Waals surface area (Å²) in [5.74, 6) is 2.59. The van der Waals surface area contributed by atoms with E-state index in [-0.39, 0.29) is 5.97 Å². The van der Waals surface area contributed by atoms with Crippen molar-refractivity contribution in [3.8, 4) is 0 Å². The van der Waals surface area contributed by atoms with E-state index in [0.717, 1.165) is 24.2 Å². The smallest absolute Gasteiger partial charge is 0.338 e. The summed E-state index contributed by atoms with van der Waals surface area (Å²) in [6, 6.07) is 5.98. The maximum atomic E-state index is 12.5. The second kappa shape index (κ2) is 8.15. The van der Waals surface area contributed by atoms with Gasteiger partial charge in [0.15, 0.2) is 0 Å². The van der Waals surface area contributed by atoms with Crippen LogP contribution in [0.1, 0.15) is 87.2 Å². The van der Waals surface area contributed by atoms with Crippen LogP contribution < -0.4 is 0 Å². The summed E-state index contributed by atoms with van der Waals surface area (Å²) in [6.45, 7) is 9.12. The van der Waals surface area contributed by atoms with Crippen LogP contribution in [-0.2, 0) is 11.2 Å². The number of aryl methyl sites for hydroxylation is 2. The highest BCUT2D eigenvalue weighted by atomic mass is 16.5. The van der Waals surface area contributed by atoms with Gasteiger partial charge in [0.25, 0.3) is 0 Å². The first-order valence-electron chi connectivity index (χ1n) is 10.7. The van der Waals surface area contributed by atoms with Crippen LogP contribution >= 0.6 is 0 Å². The molecule has 26 heavy (non-hydrogen) atoms. The maximum absolute atomic E-state index is 12.5. The standard InChI is InChI=1S/C21H28O2.C3H8/c1-3-18-4-5-19(6-14(18)2)20(22)23-13-21-10-15-7-16(11-21)9-17(8-15)12-21;1-3-2/h4-6,15-17H,3,7-13H2,1-2H3;3H2,1-2H3. The van der Waals surface area contributed by atoms with Gasteiger partial charge in [-0.05, 0) is 92.9 Å². The van der Waals surface area contributed by atoms with Gasteiger partial charge in [0.05, 0.1) is 12.2 Å². The molecule has 4 saturated carbocycles. The fourth-order valence-electron chi connectivity index (χ4n) is 5.99.